The summed E-state index contributed by atoms with van der Waals surface area (Å²) in [5, 5.41) is 8.28. The van der Waals surface area contributed by atoms with Gasteiger partial charge in [-0.1, -0.05) is 6.07 Å². The number of alkyl halides is 3. The highest BCUT2D eigenvalue weighted by Gasteiger charge is 2.33. The van der Waals surface area contributed by atoms with Gasteiger partial charge in [0.2, 0.25) is 6.19 Å². The van der Waals surface area contributed by atoms with Crippen LogP contribution in [0.2, 0.25) is 0 Å². The highest BCUT2D eigenvalue weighted by Crippen LogP contribution is 2.29. The van der Waals surface area contributed by atoms with Crippen molar-refractivity contribution in [1.29, 1.82) is 5.26 Å². The Morgan fingerprint density at radius 2 is 2.25 bits per heavy atom. The Bertz CT molecular complexity index is 639. The summed E-state index contributed by atoms with van der Waals surface area (Å²) < 4.78 is 53.0. The van der Waals surface area contributed by atoms with E-state index in [2.05, 4.69) is 9.35 Å². The molecule has 8 heteroatoms. The molecule has 108 valence electrons. The van der Waals surface area contributed by atoms with Gasteiger partial charge in [0.1, 0.15) is 5.69 Å². The van der Waals surface area contributed by atoms with Crippen molar-refractivity contribution in [1.82, 2.24) is 4.98 Å². The monoisotopic (exact) mass is 303 g/mol. The molecule has 0 spiro atoms. The van der Waals surface area contributed by atoms with E-state index in [-0.39, 0.29) is 5.25 Å². The van der Waals surface area contributed by atoms with Gasteiger partial charge in [-0.25, -0.2) is 4.21 Å². The molecule has 2 rings (SSSR count). The summed E-state index contributed by atoms with van der Waals surface area (Å²) >= 11 is 0. The lowest BCUT2D eigenvalue weighted by molar-refractivity contribution is -0.141. The Balaban J connectivity index is 2.17. The quantitative estimate of drug-likeness (QED) is 0.789. The van der Waals surface area contributed by atoms with Gasteiger partial charge >= 0.3 is 6.18 Å². The van der Waals surface area contributed by atoms with Gasteiger partial charge in [0.25, 0.3) is 0 Å². The third kappa shape index (κ3) is 3.10. The van der Waals surface area contributed by atoms with Crippen LogP contribution in [0.4, 0.5) is 13.2 Å². The number of hydrogen-bond acceptors (Lipinski definition) is 4. The predicted molar refractivity (Wildman–Crippen MR) is 67.0 cm³/mol. The van der Waals surface area contributed by atoms with E-state index in [1.165, 1.54) is 6.07 Å². The van der Waals surface area contributed by atoms with Crippen LogP contribution in [0.5, 0.6) is 0 Å². The molecule has 0 bridgehead atoms. The average molecular weight is 303 g/mol. The van der Waals surface area contributed by atoms with Crippen LogP contribution in [0.15, 0.2) is 22.7 Å². The maximum absolute atomic E-state index is 12.4. The molecule has 0 aliphatic carbocycles. The predicted octanol–water partition coefficient (Wildman–Crippen LogP) is 2.75. The number of pyridine rings is 1. The highest BCUT2D eigenvalue weighted by atomic mass is 32.2. The Hall–Kier alpha value is -1.62. The molecule has 2 atom stereocenters. The van der Waals surface area contributed by atoms with Crippen LogP contribution in [-0.2, 0) is 22.3 Å². The van der Waals surface area contributed by atoms with E-state index in [0.29, 0.717) is 30.6 Å². The largest absolute Gasteiger partial charge is 0.433 e. The second kappa shape index (κ2) is 5.40. The molecule has 0 saturated carbocycles. The Morgan fingerprint density at radius 1 is 1.50 bits per heavy atom. The van der Waals surface area contributed by atoms with Gasteiger partial charge in [-0.05, 0) is 30.9 Å². The Kier molecular flexibility index (Phi) is 3.99. The van der Waals surface area contributed by atoms with Crippen molar-refractivity contribution in [2.24, 2.45) is 4.36 Å². The van der Waals surface area contributed by atoms with Gasteiger partial charge < -0.3 is 0 Å². The van der Waals surface area contributed by atoms with Gasteiger partial charge in [0, 0.05) is 17.2 Å². The fourth-order valence-corrected chi connectivity index (χ4v) is 4.55. The molecule has 0 radical (unpaired) electrons. The fourth-order valence-electron chi connectivity index (χ4n) is 2.27. The summed E-state index contributed by atoms with van der Waals surface area (Å²) in [5.41, 5.74) is -0.374. The molecule has 1 fully saturated rings. The van der Waals surface area contributed by atoms with E-state index in [1.54, 1.807) is 6.19 Å². The van der Waals surface area contributed by atoms with Crippen molar-refractivity contribution in [3.63, 3.8) is 0 Å². The maximum atomic E-state index is 12.4. The second-order valence-corrected chi connectivity index (χ2v) is 7.24. The first kappa shape index (κ1) is 14.8. The van der Waals surface area contributed by atoms with Crippen molar-refractivity contribution in [3.8, 4) is 6.19 Å². The van der Waals surface area contributed by atoms with E-state index >= 15 is 0 Å². The minimum atomic E-state index is -4.46. The first-order valence-corrected chi connectivity index (χ1v) is 7.74. The molecule has 1 aliphatic rings. The molecule has 2 unspecified atom stereocenters. The molecule has 1 aromatic heterocycles. The maximum Gasteiger partial charge on any atom is 0.433 e. The van der Waals surface area contributed by atoms with E-state index < -0.39 is 21.6 Å². The molecular formula is C12H12F3N3OS. The zero-order valence-corrected chi connectivity index (χ0v) is 11.2. The number of aromatic nitrogens is 1. The third-order valence-corrected chi connectivity index (χ3v) is 5.97. The smallest absolute Gasteiger partial charge is 0.252 e. The van der Waals surface area contributed by atoms with Crippen LogP contribution in [0.25, 0.3) is 0 Å². The standard InChI is InChI=1S/C12H12F3N3OS/c13-12(14,15)11-4-3-9(7-17-11)6-10-2-1-5-20(10,19)18-8-16/h3-4,7,10H,1-2,5-6H2. The molecule has 0 N–H and O–H groups in total. The summed E-state index contributed by atoms with van der Waals surface area (Å²) in [6.45, 7) is 0. The fraction of sp³-hybridized carbons (Fsp3) is 0.500. The van der Waals surface area contributed by atoms with Gasteiger partial charge in [-0.15, -0.1) is 4.36 Å². The van der Waals surface area contributed by atoms with Crippen LogP contribution in [0.1, 0.15) is 24.1 Å². The van der Waals surface area contributed by atoms with Crippen LogP contribution in [-0.4, -0.2) is 20.2 Å². The van der Waals surface area contributed by atoms with Gasteiger partial charge in [0.05, 0.1) is 9.73 Å². The van der Waals surface area contributed by atoms with Crippen LogP contribution in [0.3, 0.4) is 0 Å². The molecule has 1 aliphatic heterocycles. The zero-order chi connectivity index (χ0) is 14.8. The average Bonchev–Trinajstić information content (AvgIpc) is 2.71. The SMILES string of the molecule is N#CN=S1(=O)CCCC1Cc1ccc(C(F)(F)F)nc1. The summed E-state index contributed by atoms with van der Waals surface area (Å²) in [6.07, 6.45) is -0.0391. The summed E-state index contributed by atoms with van der Waals surface area (Å²) in [6, 6.07) is 2.24. The molecule has 4 nitrogen and oxygen atoms in total. The summed E-state index contributed by atoms with van der Waals surface area (Å²) in [5.74, 6) is 0.374. The number of rotatable bonds is 2. The van der Waals surface area contributed by atoms with Crippen LogP contribution < -0.4 is 0 Å². The molecule has 1 aromatic rings. The molecule has 2 heterocycles. The normalized spacial score (nSPS) is 26.2. The topological polar surface area (TPSA) is 66.1 Å². The Morgan fingerprint density at radius 3 is 2.80 bits per heavy atom. The molecule has 0 aromatic carbocycles. The summed E-state index contributed by atoms with van der Waals surface area (Å²) in [4.78, 5) is 3.37. The molecular weight excluding hydrogens is 291 g/mol. The first-order valence-electron chi connectivity index (χ1n) is 5.99. The van der Waals surface area contributed by atoms with Gasteiger partial charge in [-0.3, -0.25) is 4.98 Å². The third-order valence-electron chi connectivity index (χ3n) is 3.26. The second-order valence-electron chi connectivity index (χ2n) is 4.60. The van der Waals surface area contributed by atoms with E-state index in [0.717, 1.165) is 12.3 Å². The number of nitrogens with zero attached hydrogens (tertiary/aromatic N) is 3. The van der Waals surface area contributed by atoms with Crippen molar-refractivity contribution in [2.45, 2.75) is 30.7 Å². The minimum absolute atomic E-state index is 0.291. The van der Waals surface area contributed by atoms with Crippen molar-refractivity contribution < 1.29 is 17.4 Å². The lowest BCUT2D eigenvalue weighted by Gasteiger charge is -2.12. The lowest BCUT2D eigenvalue weighted by atomic mass is 10.1. The van der Waals surface area contributed by atoms with Gasteiger partial charge in [0.15, 0.2) is 0 Å². The lowest BCUT2D eigenvalue weighted by Crippen LogP contribution is -2.18. The van der Waals surface area contributed by atoms with E-state index in [4.69, 9.17) is 5.26 Å². The van der Waals surface area contributed by atoms with Crippen molar-refractivity contribution in [3.05, 3.63) is 29.6 Å². The zero-order valence-electron chi connectivity index (χ0n) is 10.4. The Labute approximate surface area is 114 Å². The molecule has 0 amide bonds. The van der Waals surface area contributed by atoms with Crippen molar-refractivity contribution >= 4 is 9.73 Å². The minimum Gasteiger partial charge on any atom is -0.252 e. The number of hydrogen-bond donors (Lipinski definition) is 0. The highest BCUT2D eigenvalue weighted by molar-refractivity contribution is 7.94. The van der Waals surface area contributed by atoms with Crippen LogP contribution in [0, 0.1) is 11.5 Å². The molecule has 20 heavy (non-hydrogen) atoms. The number of halogens is 3. The van der Waals surface area contributed by atoms with E-state index in [9.17, 15) is 17.4 Å². The summed E-state index contributed by atoms with van der Waals surface area (Å²) in [7, 11) is -2.57. The first-order chi connectivity index (χ1) is 9.35. The van der Waals surface area contributed by atoms with Crippen LogP contribution >= 0.6 is 0 Å². The van der Waals surface area contributed by atoms with Crippen molar-refractivity contribution in [2.75, 3.05) is 5.75 Å². The molecule has 1 saturated heterocycles. The van der Waals surface area contributed by atoms with Gasteiger partial charge in [-0.2, -0.15) is 18.4 Å². The van der Waals surface area contributed by atoms with E-state index in [1.807, 2.05) is 0 Å². The number of nitriles is 1.